The van der Waals surface area contributed by atoms with Gasteiger partial charge >= 0.3 is 12.1 Å². The third-order valence-electron chi connectivity index (χ3n) is 5.66. The zero-order chi connectivity index (χ0) is 23.4. The molecule has 170 valence electrons. The van der Waals surface area contributed by atoms with Crippen LogP contribution in [0.5, 0.6) is 0 Å². The molecular formula is C24H24N4O5. The van der Waals surface area contributed by atoms with Crippen molar-refractivity contribution in [3.8, 4) is 11.1 Å². The summed E-state index contributed by atoms with van der Waals surface area (Å²) < 4.78 is 5.54. The lowest BCUT2D eigenvalue weighted by Crippen LogP contribution is -2.50. The van der Waals surface area contributed by atoms with Crippen LogP contribution in [0.3, 0.4) is 0 Å². The number of amides is 2. The van der Waals surface area contributed by atoms with Crippen molar-refractivity contribution in [3.05, 3.63) is 77.9 Å². The molecule has 3 aromatic rings. The third-order valence-corrected chi connectivity index (χ3v) is 5.66. The van der Waals surface area contributed by atoms with Gasteiger partial charge in [0.05, 0.1) is 6.33 Å². The summed E-state index contributed by atoms with van der Waals surface area (Å²) in [4.78, 5) is 44.3. The number of aromatic nitrogens is 2. The highest BCUT2D eigenvalue weighted by molar-refractivity contribution is 5.88. The number of alkyl carbamates (subject to hydrolysis) is 1. The van der Waals surface area contributed by atoms with E-state index in [1.807, 2.05) is 48.5 Å². The number of nitrogens with one attached hydrogen (secondary N) is 2. The van der Waals surface area contributed by atoms with Crippen molar-refractivity contribution in [1.82, 2.24) is 20.2 Å². The number of H-pyrrole nitrogens is 1. The molecule has 1 atom stereocenters. The van der Waals surface area contributed by atoms with Crippen LogP contribution in [0.25, 0.3) is 11.1 Å². The lowest BCUT2D eigenvalue weighted by Gasteiger charge is -2.23. The molecule has 1 heterocycles. The first-order valence-corrected chi connectivity index (χ1v) is 10.5. The quantitative estimate of drug-likeness (QED) is 0.486. The molecule has 2 amide bonds. The molecule has 4 rings (SSSR count). The highest BCUT2D eigenvalue weighted by atomic mass is 16.5. The predicted octanol–water partition coefficient (Wildman–Crippen LogP) is 2.40. The molecule has 1 aliphatic carbocycles. The number of aromatic amines is 1. The van der Waals surface area contributed by atoms with E-state index in [-0.39, 0.29) is 18.9 Å². The number of aliphatic carboxylic acids is 1. The van der Waals surface area contributed by atoms with Gasteiger partial charge in [-0.25, -0.2) is 9.78 Å². The fraction of sp³-hybridized carbons (Fsp3) is 0.250. The maximum Gasteiger partial charge on any atom is 0.407 e. The highest BCUT2D eigenvalue weighted by Crippen LogP contribution is 2.44. The maximum absolute atomic E-state index is 12.8. The van der Waals surface area contributed by atoms with E-state index in [2.05, 4.69) is 15.3 Å². The molecule has 33 heavy (non-hydrogen) atoms. The molecule has 2 aromatic carbocycles. The van der Waals surface area contributed by atoms with E-state index < -0.39 is 30.6 Å². The summed E-state index contributed by atoms with van der Waals surface area (Å²) in [6, 6.07) is 15.0. The summed E-state index contributed by atoms with van der Waals surface area (Å²) in [5.41, 5.74) is 5.01. The Balaban J connectivity index is 1.45. The minimum atomic E-state index is -1.15. The number of fused-ring (bicyclic) bond motifs is 3. The summed E-state index contributed by atoms with van der Waals surface area (Å²) >= 11 is 0. The molecule has 1 aliphatic rings. The monoisotopic (exact) mass is 448 g/mol. The molecule has 0 saturated carbocycles. The van der Waals surface area contributed by atoms with E-state index >= 15 is 0 Å². The van der Waals surface area contributed by atoms with E-state index in [4.69, 9.17) is 9.84 Å². The van der Waals surface area contributed by atoms with Crippen LogP contribution in [-0.2, 0) is 20.7 Å². The molecule has 0 aliphatic heterocycles. The van der Waals surface area contributed by atoms with Crippen LogP contribution < -0.4 is 5.32 Å². The van der Waals surface area contributed by atoms with Gasteiger partial charge in [-0.1, -0.05) is 48.5 Å². The first kappa shape index (κ1) is 22.1. The Hall–Kier alpha value is -4.14. The zero-order valence-electron chi connectivity index (χ0n) is 18.0. The number of benzene rings is 2. The number of hydrogen-bond acceptors (Lipinski definition) is 5. The first-order chi connectivity index (χ1) is 15.9. The summed E-state index contributed by atoms with van der Waals surface area (Å²) in [6.07, 6.45) is 2.37. The average Bonchev–Trinajstić information content (AvgIpc) is 3.42. The molecule has 0 saturated heterocycles. The Morgan fingerprint density at radius 1 is 1.12 bits per heavy atom. The number of carboxylic acid groups (broad SMARTS) is 1. The normalized spacial score (nSPS) is 13.0. The van der Waals surface area contributed by atoms with Crippen molar-refractivity contribution in [2.24, 2.45) is 0 Å². The van der Waals surface area contributed by atoms with Gasteiger partial charge in [0.15, 0.2) is 0 Å². The topological polar surface area (TPSA) is 125 Å². The van der Waals surface area contributed by atoms with Crippen LogP contribution in [-0.4, -0.2) is 64.2 Å². The van der Waals surface area contributed by atoms with E-state index in [0.717, 1.165) is 27.2 Å². The molecule has 1 aromatic heterocycles. The van der Waals surface area contributed by atoms with Gasteiger partial charge in [-0.15, -0.1) is 0 Å². The van der Waals surface area contributed by atoms with Crippen molar-refractivity contribution in [3.63, 3.8) is 0 Å². The number of carboxylic acids is 1. The van der Waals surface area contributed by atoms with Crippen LogP contribution in [0.4, 0.5) is 4.79 Å². The second-order valence-electron chi connectivity index (χ2n) is 7.89. The van der Waals surface area contributed by atoms with Crippen molar-refractivity contribution in [1.29, 1.82) is 0 Å². The van der Waals surface area contributed by atoms with Gasteiger partial charge in [0.1, 0.15) is 19.2 Å². The summed E-state index contributed by atoms with van der Waals surface area (Å²) in [7, 11) is 1.37. The van der Waals surface area contributed by atoms with Crippen molar-refractivity contribution in [2.75, 3.05) is 20.2 Å². The molecule has 0 fully saturated rings. The van der Waals surface area contributed by atoms with E-state index in [0.29, 0.717) is 5.69 Å². The van der Waals surface area contributed by atoms with Crippen LogP contribution in [0.2, 0.25) is 0 Å². The van der Waals surface area contributed by atoms with Crippen LogP contribution >= 0.6 is 0 Å². The van der Waals surface area contributed by atoms with Gasteiger partial charge in [-0.05, 0) is 22.3 Å². The van der Waals surface area contributed by atoms with Gasteiger partial charge in [0.2, 0.25) is 5.91 Å². The van der Waals surface area contributed by atoms with E-state index in [1.54, 1.807) is 0 Å². The van der Waals surface area contributed by atoms with Gasteiger partial charge in [-0.2, -0.15) is 0 Å². The van der Waals surface area contributed by atoms with Crippen LogP contribution in [0.1, 0.15) is 22.7 Å². The molecule has 3 N–H and O–H groups in total. The molecular weight excluding hydrogens is 424 g/mol. The van der Waals surface area contributed by atoms with Crippen molar-refractivity contribution >= 4 is 18.0 Å². The summed E-state index contributed by atoms with van der Waals surface area (Å²) in [5.74, 6) is -1.80. The standard InChI is InChI=1S/C24H24N4O5/c1-28(12-22(29)30)23(31)21(10-15-11-25-14-26-15)27-24(32)33-13-20-18-8-4-2-6-16(18)17-7-3-5-9-19(17)20/h2-9,11,14,20-21H,10,12-13H2,1H3,(H,25,26)(H,27,32)(H,29,30)/t21-/m1/s1. The minimum absolute atomic E-state index is 0.107. The zero-order valence-corrected chi connectivity index (χ0v) is 18.0. The Morgan fingerprint density at radius 3 is 2.33 bits per heavy atom. The number of hydrogen-bond donors (Lipinski definition) is 3. The van der Waals surface area contributed by atoms with Gasteiger partial charge < -0.3 is 25.0 Å². The van der Waals surface area contributed by atoms with E-state index in [1.165, 1.54) is 19.6 Å². The molecule has 0 spiro atoms. The van der Waals surface area contributed by atoms with Gasteiger partial charge in [-0.3, -0.25) is 9.59 Å². The number of rotatable bonds is 8. The largest absolute Gasteiger partial charge is 0.480 e. The number of carbonyl (C=O) groups excluding carboxylic acids is 2. The van der Waals surface area contributed by atoms with Crippen molar-refractivity contribution < 1.29 is 24.2 Å². The third kappa shape index (κ3) is 4.87. The lowest BCUT2D eigenvalue weighted by molar-refractivity contribution is -0.144. The molecule has 0 bridgehead atoms. The Bertz CT molecular complexity index is 1120. The SMILES string of the molecule is CN(CC(=O)O)C(=O)[C@@H](Cc1cnc[nH]1)NC(=O)OCC1c2ccccc2-c2ccccc21. The molecule has 9 heteroatoms. The summed E-state index contributed by atoms with van der Waals surface area (Å²) in [5, 5.41) is 11.6. The Morgan fingerprint density at radius 2 is 1.76 bits per heavy atom. The highest BCUT2D eigenvalue weighted by Gasteiger charge is 2.30. The second kappa shape index (κ2) is 9.56. The second-order valence-corrected chi connectivity index (χ2v) is 7.89. The first-order valence-electron chi connectivity index (χ1n) is 10.5. The van der Waals surface area contributed by atoms with Crippen LogP contribution in [0, 0.1) is 0 Å². The Labute approximate surface area is 190 Å². The number of imidazole rings is 1. The van der Waals surface area contributed by atoms with Crippen LogP contribution in [0.15, 0.2) is 61.1 Å². The van der Waals surface area contributed by atoms with Gasteiger partial charge in [0.25, 0.3) is 0 Å². The fourth-order valence-corrected chi connectivity index (χ4v) is 4.15. The molecule has 0 radical (unpaired) electrons. The fourth-order valence-electron chi connectivity index (χ4n) is 4.15. The number of ether oxygens (including phenoxy) is 1. The maximum atomic E-state index is 12.8. The minimum Gasteiger partial charge on any atom is -0.480 e. The molecule has 0 unspecified atom stereocenters. The smallest absolute Gasteiger partial charge is 0.407 e. The number of nitrogens with zero attached hydrogens (tertiary/aromatic N) is 2. The lowest BCUT2D eigenvalue weighted by atomic mass is 9.98. The Kier molecular flexibility index (Phi) is 6.39. The van der Waals surface area contributed by atoms with Gasteiger partial charge in [0, 0.05) is 31.3 Å². The predicted molar refractivity (Wildman–Crippen MR) is 120 cm³/mol. The molecule has 9 nitrogen and oxygen atoms in total. The van der Waals surface area contributed by atoms with E-state index in [9.17, 15) is 14.4 Å². The number of likely N-dealkylation sites (N-methyl/N-ethyl adjacent to an activating group) is 1. The van der Waals surface area contributed by atoms with Crippen molar-refractivity contribution in [2.45, 2.75) is 18.4 Å². The number of carbonyl (C=O) groups is 3. The summed E-state index contributed by atoms with van der Waals surface area (Å²) in [6.45, 7) is -0.375. The average molecular weight is 448 g/mol.